The number of ether oxygens (including phenoxy) is 2. The van der Waals surface area contributed by atoms with Crippen LogP contribution in [-0.4, -0.2) is 82.1 Å². The highest BCUT2D eigenvalue weighted by Crippen LogP contribution is 2.46. The number of carbonyl (C=O) groups excluding carboxylic acids is 4. The lowest BCUT2D eigenvalue weighted by Crippen LogP contribution is -2.57. The first-order chi connectivity index (χ1) is 27.4. The van der Waals surface area contributed by atoms with Gasteiger partial charge in [-0.15, -0.1) is 6.58 Å². The minimum Gasteiger partial charge on any atom is -0.462 e. The van der Waals surface area contributed by atoms with E-state index < -0.39 is 62.6 Å². The Kier molecular flexibility index (Phi) is 10.8. The van der Waals surface area contributed by atoms with Crippen LogP contribution in [0.4, 0.5) is 0 Å². The summed E-state index contributed by atoms with van der Waals surface area (Å²) in [6.45, 7) is 5.85. The van der Waals surface area contributed by atoms with E-state index >= 15 is 0 Å². The number of hydrogen-bond donors (Lipinski definition) is 2. The highest BCUT2D eigenvalue weighted by Gasteiger charge is 2.62. The van der Waals surface area contributed by atoms with Crippen LogP contribution in [0, 0.1) is 30.6 Å². The van der Waals surface area contributed by atoms with Crippen molar-refractivity contribution < 1.29 is 37.1 Å². The minimum absolute atomic E-state index is 0.00243. The van der Waals surface area contributed by atoms with Crippen LogP contribution in [0.5, 0.6) is 6.01 Å². The quantitative estimate of drug-likeness (QED) is 0.307. The number of nitrogens with one attached hydrogen (secondary N) is 2. The number of aryl methyl sites for hydroxylation is 1. The summed E-state index contributed by atoms with van der Waals surface area (Å²) in [4.78, 5) is 77.0. The van der Waals surface area contributed by atoms with E-state index in [-0.39, 0.29) is 67.8 Å². The largest absolute Gasteiger partial charge is 0.462 e. The zero-order chi connectivity index (χ0) is 40.1. The fourth-order valence-electron chi connectivity index (χ4n) is 9.63. The van der Waals surface area contributed by atoms with Crippen molar-refractivity contribution in [3.05, 3.63) is 58.9 Å². The number of carbonyl (C=O) groups is 4. The molecule has 14 nitrogen and oxygen atoms in total. The molecule has 0 unspecified atom stereocenters. The average Bonchev–Trinajstić information content (AvgIpc) is 3.96. The lowest BCUT2D eigenvalue weighted by atomic mass is 9.86. The molecule has 5 fully saturated rings. The minimum atomic E-state index is -3.91. The van der Waals surface area contributed by atoms with Gasteiger partial charge in [-0.1, -0.05) is 37.1 Å². The van der Waals surface area contributed by atoms with Gasteiger partial charge >= 0.3 is 5.97 Å². The molecule has 306 valence electrons. The fraction of sp³-hybridized carbons (Fsp3) is 0.619. The smallest absolute Gasteiger partial charge is 0.306 e. The first-order valence-corrected chi connectivity index (χ1v) is 22.2. The maximum atomic E-state index is 14.9. The Morgan fingerprint density at radius 3 is 2.49 bits per heavy atom. The van der Waals surface area contributed by atoms with E-state index in [4.69, 9.17) is 14.5 Å². The second kappa shape index (κ2) is 15.7. The average molecular weight is 804 g/mol. The SMILES string of the molecule is C=C[C@@H]1C[C@]1(NC(=O)[C@@H]1C[C@@H]2CN1C(=O)[C@H](C1CCCC1)CC(=O)O[C@@H]1CCC[C@H]1CC/C=C/Cn1c(nc3cc(C)ccc3c1=O)O2)C(=O)NS(=O)(=O)C1CC1. The molecule has 57 heavy (non-hydrogen) atoms. The maximum Gasteiger partial charge on any atom is 0.306 e. The van der Waals surface area contributed by atoms with Gasteiger partial charge in [0.05, 0.1) is 35.0 Å². The van der Waals surface area contributed by atoms with Gasteiger partial charge in [0.1, 0.15) is 23.8 Å². The summed E-state index contributed by atoms with van der Waals surface area (Å²) < 4.78 is 41.9. The van der Waals surface area contributed by atoms with Crippen LogP contribution in [0.25, 0.3) is 10.9 Å². The summed E-state index contributed by atoms with van der Waals surface area (Å²) in [6.07, 6.45) is 12.9. The molecule has 3 heterocycles. The number of aromatic nitrogens is 2. The first-order valence-electron chi connectivity index (χ1n) is 20.7. The van der Waals surface area contributed by atoms with Crippen molar-refractivity contribution in [1.29, 1.82) is 0 Å². The molecule has 7 atom stereocenters. The molecule has 1 aromatic carbocycles. The van der Waals surface area contributed by atoms with Crippen molar-refractivity contribution in [2.75, 3.05) is 6.54 Å². The van der Waals surface area contributed by atoms with Gasteiger partial charge < -0.3 is 19.7 Å². The molecule has 4 saturated carbocycles. The van der Waals surface area contributed by atoms with E-state index in [1.165, 1.54) is 15.5 Å². The van der Waals surface area contributed by atoms with Crippen LogP contribution in [0.3, 0.4) is 0 Å². The molecular formula is C42H53N5O9S. The Labute approximate surface area is 332 Å². The molecule has 2 bridgehead atoms. The van der Waals surface area contributed by atoms with E-state index in [1.807, 2.05) is 31.2 Å². The summed E-state index contributed by atoms with van der Waals surface area (Å²) in [5, 5.41) is 2.63. The third kappa shape index (κ3) is 8.00. The maximum absolute atomic E-state index is 14.9. The number of hydrogen-bond acceptors (Lipinski definition) is 10. The molecule has 8 rings (SSSR count). The molecule has 0 spiro atoms. The summed E-state index contributed by atoms with van der Waals surface area (Å²) >= 11 is 0. The van der Waals surface area contributed by atoms with Crippen LogP contribution < -0.4 is 20.3 Å². The fourth-order valence-corrected chi connectivity index (χ4v) is 11.0. The van der Waals surface area contributed by atoms with Gasteiger partial charge in [-0.05, 0) is 101 Å². The van der Waals surface area contributed by atoms with Gasteiger partial charge in [-0.25, -0.2) is 8.42 Å². The predicted octanol–water partition coefficient (Wildman–Crippen LogP) is 3.98. The Morgan fingerprint density at radius 1 is 0.982 bits per heavy atom. The molecule has 15 heteroatoms. The van der Waals surface area contributed by atoms with E-state index in [1.54, 1.807) is 6.07 Å². The van der Waals surface area contributed by atoms with Gasteiger partial charge in [-0.2, -0.15) is 4.98 Å². The summed E-state index contributed by atoms with van der Waals surface area (Å²) in [5.74, 6) is -3.43. The van der Waals surface area contributed by atoms with E-state index in [9.17, 15) is 32.4 Å². The number of allylic oxidation sites excluding steroid dienone is 2. The normalized spacial score (nSPS) is 31.6. The number of fused-ring (bicyclic) bond motifs is 5. The molecular weight excluding hydrogens is 751 g/mol. The Hall–Kier alpha value is -4.53. The summed E-state index contributed by atoms with van der Waals surface area (Å²) in [7, 11) is -3.91. The summed E-state index contributed by atoms with van der Waals surface area (Å²) in [6, 6.07) is 4.34. The molecule has 1 saturated heterocycles. The molecule has 2 aliphatic heterocycles. The highest BCUT2D eigenvalue weighted by molar-refractivity contribution is 7.91. The second-order valence-corrected chi connectivity index (χ2v) is 19.1. The molecule has 0 radical (unpaired) electrons. The molecule has 2 N–H and O–H groups in total. The van der Waals surface area contributed by atoms with Crippen LogP contribution in [-0.2, 0) is 40.5 Å². The third-order valence-electron chi connectivity index (χ3n) is 13.1. The van der Waals surface area contributed by atoms with Crippen molar-refractivity contribution in [1.82, 2.24) is 24.5 Å². The van der Waals surface area contributed by atoms with Crippen LogP contribution in [0.1, 0.15) is 95.5 Å². The lowest BCUT2D eigenvalue weighted by molar-refractivity contribution is -0.156. The van der Waals surface area contributed by atoms with Gasteiger partial charge in [0.15, 0.2) is 0 Å². The zero-order valence-electron chi connectivity index (χ0n) is 32.5. The molecule has 3 amide bonds. The number of rotatable bonds is 7. The van der Waals surface area contributed by atoms with Crippen LogP contribution in [0.15, 0.2) is 47.8 Å². The van der Waals surface area contributed by atoms with Gasteiger partial charge in [0, 0.05) is 18.9 Å². The number of esters is 1. The topological polar surface area (TPSA) is 183 Å². The zero-order valence-corrected chi connectivity index (χ0v) is 33.3. The predicted molar refractivity (Wildman–Crippen MR) is 210 cm³/mol. The second-order valence-electron chi connectivity index (χ2n) is 17.1. The third-order valence-corrected chi connectivity index (χ3v) is 15.0. The highest BCUT2D eigenvalue weighted by atomic mass is 32.2. The van der Waals surface area contributed by atoms with E-state index in [2.05, 4.69) is 16.6 Å². The Balaban J connectivity index is 1.15. The molecule has 2 aromatic rings. The van der Waals surface area contributed by atoms with E-state index in [0.29, 0.717) is 23.7 Å². The van der Waals surface area contributed by atoms with Crippen molar-refractivity contribution in [3.8, 4) is 6.01 Å². The van der Waals surface area contributed by atoms with Crippen molar-refractivity contribution in [2.24, 2.45) is 23.7 Å². The lowest BCUT2D eigenvalue weighted by Gasteiger charge is -2.32. The first kappa shape index (κ1) is 39.3. The summed E-state index contributed by atoms with van der Waals surface area (Å²) in [5.41, 5.74) is -0.464. The van der Waals surface area contributed by atoms with Crippen molar-refractivity contribution >= 4 is 44.6 Å². The van der Waals surface area contributed by atoms with Gasteiger partial charge in [0.2, 0.25) is 21.8 Å². The number of sulfonamides is 1. The monoisotopic (exact) mass is 803 g/mol. The van der Waals surface area contributed by atoms with Crippen molar-refractivity contribution in [2.45, 2.75) is 132 Å². The molecule has 4 aliphatic carbocycles. The van der Waals surface area contributed by atoms with Crippen LogP contribution in [0.2, 0.25) is 0 Å². The number of benzene rings is 1. The van der Waals surface area contributed by atoms with E-state index in [0.717, 1.165) is 63.4 Å². The molecule has 6 aliphatic rings. The standard InChI is InChI=1S/C42H53N5O9S/c1-3-28-23-42(28,40(52)45-57(53,54)30-16-17-30)44-37(49)34-21-29-24-47(34)39(51)32(26-10-6-7-11-26)22-36(48)56-35-14-9-13-27(35)12-5-4-8-19-46-38(50)31-18-15-25(2)20-33(31)43-41(46)55-29/h3-4,8,15,18,20,26-30,32,34-35H,1,5-7,9-14,16-17,19,21-24H2,2H3,(H,44,49)(H,45,52)/b8-4+/t27-,28-,29-,32+,34+,35-,42-/m1/s1. The number of amides is 3. The van der Waals surface area contributed by atoms with Gasteiger partial charge in [-0.3, -0.25) is 33.3 Å². The van der Waals surface area contributed by atoms with Crippen molar-refractivity contribution in [3.63, 3.8) is 0 Å². The Bertz CT molecular complexity index is 2160. The molecule has 1 aromatic heterocycles. The Morgan fingerprint density at radius 2 is 1.75 bits per heavy atom. The number of nitrogens with zero attached hydrogens (tertiary/aromatic N) is 3. The van der Waals surface area contributed by atoms with Crippen LogP contribution >= 0.6 is 0 Å². The van der Waals surface area contributed by atoms with Gasteiger partial charge in [0.25, 0.3) is 17.5 Å².